The van der Waals surface area contributed by atoms with Gasteiger partial charge in [-0.25, -0.2) is 24.1 Å². The maximum absolute atomic E-state index is 14.1. The molecule has 4 amide bonds. The van der Waals surface area contributed by atoms with Crippen molar-refractivity contribution in [3.8, 4) is 39.4 Å². The number of nitrogens with one attached hydrogen (secondary N) is 3. The molecule has 2 aliphatic heterocycles. The van der Waals surface area contributed by atoms with Crippen LogP contribution < -0.4 is 9.84 Å². The molecule has 0 bridgehead atoms. The van der Waals surface area contributed by atoms with Gasteiger partial charge in [0, 0.05) is 40.8 Å². The number of methoxy groups -OCH3 is 2. The van der Waals surface area contributed by atoms with Crippen LogP contribution in [-0.4, -0.2) is 128 Å². The molecule has 0 radical (unpaired) electrons. The first kappa shape index (κ1) is 46.5. The Balaban J connectivity index is 0.997. The van der Waals surface area contributed by atoms with Crippen molar-refractivity contribution in [1.82, 2.24) is 40.0 Å². The van der Waals surface area contributed by atoms with Crippen LogP contribution in [0.3, 0.4) is 0 Å². The molecule has 344 valence electrons. The molecule has 5 aromatic rings. The first-order valence-electron chi connectivity index (χ1n) is 21.1. The van der Waals surface area contributed by atoms with E-state index in [4.69, 9.17) is 14.0 Å². The molecule has 19 nitrogen and oxygen atoms in total. The smallest absolute Gasteiger partial charge is 0.465 e. The number of carbonyl (C=O) groups is 4. The molecule has 2 saturated heterocycles. The number of phosphoric acid groups is 1. The van der Waals surface area contributed by atoms with E-state index in [2.05, 4.69) is 29.8 Å². The van der Waals surface area contributed by atoms with E-state index in [1.54, 1.807) is 41.2 Å². The van der Waals surface area contributed by atoms with Gasteiger partial charge in [0.15, 0.2) is 0 Å². The predicted octanol–water partition coefficient (Wildman–Crippen LogP) is 6.57. The van der Waals surface area contributed by atoms with E-state index in [-0.39, 0.29) is 36.1 Å². The number of hydrogen-bond donors (Lipinski definition) is 5. The largest absolute Gasteiger partial charge is 0.527 e. The van der Waals surface area contributed by atoms with Crippen molar-refractivity contribution in [2.75, 3.05) is 41.5 Å². The number of aromatic nitrogens is 4. The second kappa shape index (κ2) is 20.1. The molecule has 65 heavy (non-hydrogen) atoms. The summed E-state index contributed by atoms with van der Waals surface area (Å²) in [5.41, 5.74) is 6.06. The highest BCUT2D eigenvalue weighted by Gasteiger charge is 2.41. The Morgan fingerprint density at radius 2 is 1.29 bits per heavy atom. The van der Waals surface area contributed by atoms with Gasteiger partial charge in [-0.2, -0.15) is 0 Å². The summed E-state index contributed by atoms with van der Waals surface area (Å²) in [4.78, 5) is 82.1. The van der Waals surface area contributed by atoms with Crippen LogP contribution in [0.15, 0.2) is 85.2 Å². The summed E-state index contributed by atoms with van der Waals surface area (Å²) in [7, 11) is 0.868. The molecule has 2 aromatic heterocycles. The Bertz CT molecular complexity index is 2510. The maximum Gasteiger partial charge on any atom is 0.527 e. The number of hydrogen-bond acceptors (Lipinski definition) is 11. The van der Waals surface area contributed by atoms with E-state index in [0.29, 0.717) is 43.1 Å². The quantitative estimate of drug-likeness (QED) is 0.0659. The lowest BCUT2D eigenvalue weighted by Gasteiger charge is -2.34. The van der Waals surface area contributed by atoms with E-state index >= 15 is 0 Å². The standard InChI is InChI=1S/C45H53N8O11P/c1-27(61-3)39(51(2)45(57)58)43(55)53-23-7-9-38(53)41-47-26-36(49-41)32-18-14-30(15-19-32)29-12-16-31(17-13-29)35-25-46-40(48-35)37-8-6-22-52(37)42(54)34(50-44(56)62-4)24-28-10-20-33(21-11-28)64-65(59,60)63-5/h10-21,25-27,34,37-39H,6-9,22-24H2,1-5H3,(H,46,48)(H,47,49)(H,50,56)(H,57,58)(H,59,60)/t27-,34+,37+,38+,39+/m1/s1. The van der Waals surface area contributed by atoms with Crippen molar-refractivity contribution in [1.29, 1.82) is 0 Å². The summed E-state index contributed by atoms with van der Waals surface area (Å²) in [5.74, 6) is 0.741. The summed E-state index contributed by atoms with van der Waals surface area (Å²) < 4.78 is 31.5. The third-order valence-electron chi connectivity index (χ3n) is 12.0. The zero-order valence-corrected chi connectivity index (χ0v) is 37.6. The summed E-state index contributed by atoms with van der Waals surface area (Å²) in [5, 5.41) is 12.3. The van der Waals surface area contributed by atoms with Crippen LogP contribution in [0.5, 0.6) is 5.75 Å². The number of likely N-dealkylation sites (tertiary alicyclic amines) is 2. The number of rotatable bonds is 16. The number of carbonyl (C=O) groups excluding carboxylic acids is 3. The molecule has 4 heterocycles. The zero-order chi connectivity index (χ0) is 46.4. The molecule has 6 atom stereocenters. The van der Waals surface area contributed by atoms with Gasteiger partial charge in [0.1, 0.15) is 29.5 Å². The Labute approximate surface area is 375 Å². The Morgan fingerprint density at radius 3 is 1.75 bits per heavy atom. The molecule has 0 aliphatic carbocycles. The Hall–Kier alpha value is -6.53. The Kier molecular flexibility index (Phi) is 14.4. The number of ether oxygens (including phenoxy) is 2. The van der Waals surface area contributed by atoms with E-state index < -0.39 is 38.2 Å². The minimum atomic E-state index is -4.25. The summed E-state index contributed by atoms with van der Waals surface area (Å²) in [6.45, 7) is 2.64. The van der Waals surface area contributed by atoms with Crippen molar-refractivity contribution in [2.45, 2.75) is 69.3 Å². The Morgan fingerprint density at radius 1 is 0.800 bits per heavy atom. The molecule has 1 unspecified atom stereocenters. The number of benzene rings is 3. The fraction of sp³-hybridized carbons (Fsp3) is 0.378. The van der Waals surface area contributed by atoms with Gasteiger partial charge in [0.25, 0.3) is 0 Å². The molecule has 7 rings (SSSR count). The minimum absolute atomic E-state index is 0.104. The van der Waals surface area contributed by atoms with Crippen LogP contribution >= 0.6 is 7.82 Å². The van der Waals surface area contributed by atoms with Crippen LogP contribution in [0.2, 0.25) is 0 Å². The van der Waals surface area contributed by atoms with Crippen LogP contribution in [0.1, 0.15) is 61.9 Å². The molecular weight excluding hydrogens is 860 g/mol. The molecule has 0 saturated carbocycles. The molecule has 0 spiro atoms. The van der Waals surface area contributed by atoms with Gasteiger partial charge in [0.05, 0.1) is 49.1 Å². The molecule has 20 heteroatoms. The van der Waals surface area contributed by atoms with Crippen molar-refractivity contribution in [3.63, 3.8) is 0 Å². The lowest BCUT2D eigenvalue weighted by Crippen LogP contribution is -2.54. The van der Waals surface area contributed by atoms with Gasteiger partial charge in [0.2, 0.25) is 11.8 Å². The van der Waals surface area contributed by atoms with Gasteiger partial charge in [-0.1, -0.05) is 60.7 Å². The maximum atomic E-state index is 14.1. The lowest BCUT2D eigenvalue weighted by molar-refractivity contribution is -0.141. The predicted molar refractivity (Wildman–Crippen MR) is 237 cm³/mol. The second-order valence-electron chi connectivity index (χ2n) is 16.0. The molecule has 5 N–H and O–H groups in total. The van der Waals surface area contributed by atoms with Gasteiger partial charge in [-0.05, 0) is 72.6 Å². The third-order valence-corrected chi connectivity index (χ3v) is 12.9. The number of alkyl carbamates (subject to hydrolysis) is 1. The number of imidazole rings is 2. The number of H-pyrrole nitrogens is 2. The normalized spacial score (nSPS) is 18.4. The summed E-state index contributed by atoms with van der Waals surface area (Å²) >= 11 is 0. The zero-order valence-electron chi connectivity index (χ0n) is 36.7. The van der Waals surface area contributed by atoms with E-state index in [1.165, 1.54) is 33.4 Å². The molecule has 3 aromatic carbocycles. The van der Waals surface area contributed by atoms with E-state index in [1.807, 2.05) is 48.5 Å². The van der Waals surface area contributed by atoms with Crippen molar-refractivity contribution in [2.24, 2.45) is 0 Å². The fourth-order valence-electron chi connectivity index (χ4n) is 8.41. The van der Waals surface area contributed by atoms with Crippen molar-refractivity contribution >= 4 is 31.8 Å². The van der Waals surface area contributed by atoms with E-state index in [9.17, 15) is 33.7 Å². The van der Waals surface area contributed by atoms with Crippen LogP contribution in [0, 0.1) is 0 Å². The molecule has 2 fully saturated rings. The average Bonchev–Trinajstić information content (AvgIpc) is 4.17. The van der Waals surface area contributed by atoms with Gasteiger partial charge < -0.3 is 44.2 Å². The monoisotopic (exact) mass is 912 g/mol. The number of likely N-dealkylation sites (N-methyl/N-ethyl adjacent to an activating group) is 1. The number of amides is 4. The van der Waals surface area contributed by atoms with E-state index in [0.717, 1.165) is 58.5 Å². The average molecular weight is 913 g/mol. The highest BCUT2D eigenvalue weighted by Crippen LogP contribution is 2.43. The number of carboxylic acid groups (broad SMARTS) is 1. The topological polar surface area (TPSA) is 242 Å². The first-order valence-corrected chi connectivity index (χ1v) is 22.6. The summed E-state index contributed by atoms with van der Waals surface area (Å²) in [6.07, 6.45) is 3.87. The SMILES string of the molecule is COC(=O)N[C@@H](Cc1ccc(OP(=O)(O)OC)cc1)C(=O)N1CCC[C@H]1c1ncc(-c2ccc(-c3ccc(-c4cnc([C@@H]5CCCN5C(=O)[C@H]([C@@H](C)OC)N(C)C(=O)O)[nH]4)cc3)cc2)[nH]1. The van der Waals surface area contributed by atoms with Crippen molar-refractivity contribution in [3.05, 3.63) is 102 Å². The lowest BCUT2D eigenvalue weighted by atomic mass is 10.0. The van der Waals surface area contributed by atoms with Gasteiger partial charge in [-0.15, -0.1) is 0 Å². The first-order chi connectivity index (χ1) is 31.2. The van der Waals surface area contributed by atoms with Crippen LogP contribution in [-0.2, 0) is 34.6 Å². The number of phosphoric ester groups is 1. The van der Waals surface area contributed by atoms with Crippen LogP contribution in [0.4, 0.5) is 9.59 Å². The minimum Gasteiger partial charge on any atom is -0.465 e. The highest BCUT2D eigenvalue weighted by atomic mass is 31.2. The molecular formula is C45H53N8O11P. The van der Waals surface area contributed by atoms with Gasteiger partial charge >= 0.3 is 20.0 Å². The number of nitrogens with zero attached hydrogens (tertiary/aromatic N) is 5. The van der Waals surface area contributed by atoms with Crippen molar-refractivity contribution < 1.29 is 52.3 Å². The highest BCUT2D eigenvalue weighted by molar-refractivity contribution is 7.47. The second-order valence-corrected chi connectivity index (χ2v) is 17.4. The fourth-order valence-corrected chi connectivity index (χ4v) is 8.88. The number of aromatic amines is 2. The van der Waals surface area contributed by atoms with Crippen LogP contribution in [0.25, 0.3) is 33.6 Å². The van der Waals surface area contributed by atoms with Gasteiger partial charge in [-0.3, -0.25) is 23.9 Å². The molecule has 2 aliphatic rings. The summed E-state index contributed by atoms with van der Waals surface area (Å²) in [6, 6.07) is 19.7. The third kappa shape index (κ3) is 10.5.